The predicted octanol–water partition coefficient (Wildman–Crippen LogP) is 0.384. The van der Waals surface area contributed by atoms with Crippen molar-refractivity contribution in [2.75, 3.05) is 24.7 Å². The summed E-state index contributed by atoms with van der Waals surface area (Å²) < 4.78 is 5.34. The number of primary amides is 1. The van der Waals surface area contributed by atoms with E-state index in [1.807, 2.05) is 35.2 Å². The molecule has 1 amide bonds. The van der Waals surface area contributed by atoms with Crippen LogP contribution in [0.3, 0.4) is 0 Å². The minimum atomic E-state index is -0.488. The molecule has 6 nitrogen and oxygen atoms in total. The number of rotatable bonds is 3. The van der Waals surface area contributed by atoms with Crippen molar-refractivity contribution in [2.45, 2.75) is 12.6 Å². The summed E-state index contributed by atoms with van der Waals surface area (Å²) in [6.45, 7) is 1.85. The fourth-order valence-corrected chi connectivity index (χ4v) is 2.66. The van der Waals surface area contributed by atoms with Gasteiger partial charge in [0.2, 0.25) is 5.91 Å². The quantitative estimate of drug-likeness (QED) is 0.851. The fourth-order valence-electron chi connectivity index (χ4n) is 2.66. The third-order valence-corrected chi connectivity index (χ3v) is 3.76. The minimum absolute atomic E-state index is 0.293. The van der Waals surface area contributed by atoms with Gasteiger partial charge >= 0.3 is 0 Å². The van der Waals surface area contributed by atoms with Gasteiger partial charge in [-0.1, -0.05) is 18.2 Å². The molecule has 2 aromatic rings. The molecule has 6 heteroatoms. The van der Waals surface area contributed by atoms with E-state index in [-0.39, 0.29) is 0 Å². The average molecular weight is 286 g/mol. The van der Waals surface area contributed by atoms with Gasteiger partial charge in [0.05, 0.1) is 18.7 Å². The van der Waals surface area contributed by atoms with Crippen molar-refractivity contribution in [2.24, 2.45) is 11.5 Å². The third-order valence-electron chi connectivity index (χ3n) is 3.76. The number of fused-ring (bicyclic) bond motifs is 1. The summed E-state index contributed by atoms with van der Waals surface area (Å²) >= 11 is 0. The number of anilines is 1. The lowest BCUT2D eigenvalue weighted by atomic mass is 10.1. The van der Waals surface area contributed by atoms with Gasteiger partial charge in [0.15, 0.2) is 0 Å². The number of morpholine rings is 1. The van der Waals surface area contributed by atoms with E-state index in [0.29, 0.717) is 26.3 Å². The molecule has 1 aliphatic rings. The second-order valence-electron chi connectivity index (χ2n) is 5.05. The van der Waals surface area contributed by atoms with Crippen molar-refractivity contribution in [1.82, 2.24) is 4.98 Å². The molecule has 21 heavy (non-hydrogen) atoms. The number of pyridine rings is 1. The standard InChI is InChI=1S/C15H18N4O2/c16-8-10-7-14(18-12-4-2-1-3-11(10)12)19-5-6-21-9-13(19)15(17)20/h1-4,7,13H,5-6,8-9,16H2,(H2,17,20). The number of amides is 1. The summed E-state index contributed by atoms with van der Waals surface area (Å²) in [5, 5.41) is 1.03. The first-order valence-electron chi connectivity index (χ1n) is 6.93. The fraction of sp³-hybridized carbons (Fsp3) is 0.333. The van der Waals surface area contributed by atoms with E-state index in [9.17, 15) is 4.79 Å². The van der Waals surface area contributed by atoms with E-state index in [1.54, 1.807) is 0 Å². The van der Waals surface area contributed by atoms with Crippen LogP contribution in [-0.2, 0) is 16.1 Å². The Morgan fingerprint density at radius 3 is 3.00 bits per heavy atom. The lowest BCUT2D eigenvalue weighted by molar-refractivity contribution is -0.121. The second kappa shape index (κ2) is 5.67. The maximum absolute atomic E-state index is 11.6. The Morgan fingerprint density at radius 1 is 1.43 bits per heavy atom. The summed E-state index contributed by atoms with van der Waals surface area (Å²) in [5.41, 5.74) is 13.2. The Hall–Kier alpha value is -2.18. The van der Waals surface area contributed by atoms with Crippen molar-refractivity contribution in [3.05, 3.63) is 35.9 Å². The molecular weight excluding hydrogens is 268 g/mol. The molecule has 1 atom stereocenters. The summed E-state index contributed by atoms with van der Waals surface area (Å²) in [6.07, 6.45) is 0. The van der Waals surface area contributed by atoms with Crippen LogP contribution in [0.2, 0.25) is 0 Å². The van der Waals surface area contributed by atoms with E-state index in [2.05, 4.69) is 4.98 Å². The van der Waals surface area contributed by atoms with Crippen LogP contribution >= 0.6 is 0 Å². The zero-order valence-corrected chi connectivity index (χ0v) is 11.7. The highest BCUT2D eigenvalue weighted by Crippen LogP contribution is 2.25. The third kappa shape index (κ3) is 2.55. The number of carbonyl (C=O) groups is 1. The van der Waals surface area contributed by atoms with Crippen molar-refractivity contribution in [3.8, 4) is 0 Å². The Balaban J connectivity index is 2.08. The van der Waals surface area contributed by atoms with Gasteiger partial charge in [-0.2, -0.15) is 0 Å². The van der Waals surface area contributed by atoms with E-state index in [4.69, 9.17) is 16.2 Å². The highest BCUT2D eigenvalue weighted by atomic mass is 16.5. The first-order chi connectivity index (χ1) is 10.2. The van der Waals surface area contributed by atoms with Crippen LogP contribution < -0.4 is 16.4 Å². The van der Waals surface area contributed by atoms with Gasteiger partial charge in [-0.25, -0.2) is 4.98 Å². The van der Waals surface area contributed by atoms with E-state index < -0.39 is 11.9 Å². The van der Waals surface area contributed by atoms with Crippen LogP contribution in [0.4, 0.5) is 5.82 Å². The van der Waals surface area contributed by atoms with Crippen LogP contribution in [0.15, 0.2) is 30.3 Å². The van der Waals surface area contributed by atoms with Gasteiger partial charge in [-0.3, -0.25) is 4.79 Å². The largest absolute Gasteiger partial charge is 0.377 e. The maximum Gasteiger partial charge on any atom is 0.242 e. The Labute approximate surface area is 122 Å². The van der Waals surface area contributed by atoms with Crippen molar-refractivity contribution in [1.29, 1.82) is 0 Å². The number of ether oxygens (including phenoxy) is 1. The molecule has 3 rings (SSSR count). The first-order valence-corrected chi connectivity index (χ1v) is 6.93. The normalized spacial score (nSPS) is 18.9. The second-order valence-corrected chi connectivity index (χ2v) is 5.05. The molecule has 0 aliphatic carbocycles. The summed E-state index contributed by atoms with van der Waals surface area (Å²) in [4.78, 5) is 18.2. The molecule has 1 aromatic carbocycles. The molecule has 1 aromatic heterocycles. The van der Waals surface area contributed by atoms with Gasteiger partial charge in [0.1, 0.15) is 11.9 Å². The van der Waals surface area contributed by atoms with Gasteiger partial charge in [0, 0.05) is 18.5 Å². The Kier molecular flexibility index (Phi) is 3.72. The zero-order chi connectivity index (χ0) is 14.8. The van der Waals surface area contributed by atoms with E-state index >= 15 is 0 Å². The molecule has 1 saturated heterocycles. The van der Waals surface area contributed by atoms with E-state index in [1.165, 1.54) is 0 Å². The van der Waals surface area contributed by atoms with Crippen LogP contribution in [0, 0.1) is 0 Å². The average Bonchev–Trinajstić information content (AvgIpc) is 2.53. The van der Waals surface area contributed by atoms with Crippen LogP contribution in [0.25, 0.3) is 10.9 Å². The lowest BCUT2D eigenvalue weighted by Crippen LogP contribution is -2.53. The Morgan fingerprint density at radius 2 is 2.24 bits per heavy atom. The summed E-state index contributed by atoms with van der Waals surface area (Å²) in [7, 11) is 0. The van der Waals surface area contributed by atoms with Crippen LogP contribution in [0.5, 0.6) is 0 Å². The Bertz CT molecular complexity index is 674. The van der Waals surface area contributed by atoms with Crippen molar-refractivity contribution < 1.29 is 9.53 Å². The molecular formula is C15H18N4O2. The molecule has 110 valence electrons. The van der Waals surface area contributed by atoms with Gasteiger partial charge in [-0.05, 0) is 17.7 Å². The molecule has 1 aliphatic heterocycles. The smallest absolute Gasteiger partial charge is 0.242 e. The highest BCUT2D eigenvalue weighted by molar-refractivity contribution is 5.87. The van der Waals surface area contributed by atoms with Gasteiger partial charge < -0.3 is 21.1 Å². The maximum atomic E-state index is 11.6. The van der Waals surface area contributed by atoms with Crippen molar-refractivity contribution >= 4 is 22.6 Å². The number of hydrogen-bond acceptors (Lipinski definition) is 5. The number of nitrogens with two attached hydrogens (primary N) is 2. The van der Waals surface area contributed by atoms with E-state index in [0.717, 1.165) is 22.3 Å². The molecule has 4 N–H and O–H groups in total. The SMILES string of the molecule is NCc1cc(N2CCOCC2C(N)=O)nc2ccccc12. The monoisotopic (exact) mass is 286 g/mol. The molecule has 0 bridgehead atoms. The summed E-state index contributed by atoms with van der Waals surface area (Å²) in [6, 6.07) is 9.28. The van der Waals surface area contributed by atoms with Crippen LogP contribution in [0.1, 0.15) is 5.56 Å². The van der Waals surface area contributed by atoms with Crippen molar-refractivity contribution in [3.63, 3.8) is 0 Å². The summed E-state index contributed by atoms with van der Waals surface area (Å²) in [5.74, 6) is 0.320. The predicted molar refractivity (Wildman–Crippen MR) is 80.8 cm³/mol. The molecule has 0 saturated carbocycles. The molecule has 2 heterocycles. The minimum Gasteiger partial charge on any atom is -0.377 e. The van der Waals surface area contributed by atoms with Gasteiger partial charge in [-0.15, -0.1) is 0 Å². The molecule has 1 unspecified atom stereocenters. The molecule has 0 spiro atoms. The number of para-hydroxylation sites is 1. The molecule has 0 radical (unpaired) electrons. The topological polar surface area (TPSA) is 94.5 Å². The van der Waals surface area contributed by atoms with Gasteiger partial charge in [0.25, 0.3) is 0 Å². The first kappa shape index (κ1) is 13.8. The number of benzene rings is 1. The number of carbonyl (C=O) groups excluding carboxylic acids is 1. The molecule has 1 fully saturated rings. The lowest BCUT2D eigenvalue weighted by Gasteiger charge is -2.34. The number of hydrogen-bond donors (Lipinski definition) is 2. The highest BCUT2D eigenvalue weighted by Gasteiger charge is 2.29. The number of nitrogens with zero attached hydrogens (tertiary/aromatic N) is 2. The van der Waals surface area contributed by atoms with Crippen LogP contribution in [-0.4, -0.2) is 36.7 Å². The number of aromatic nitrogens is 1. The zero-order valence-electron chi connectivity index (χ0n) is 11.7.